The molecule has 0 radical (unpaired) electrons. The molecule has 0 aliphatic rings. The Bertz CT molecular complexity index is 3480. The van der Waals surface area contributed by atoms with E-state index >= 15 is 0 Å². The van der Waals surface area contributed by atoms with E-state index in [1.165, 1.54) is 135 Å². The highest BCUT2D eigenvalue weighted by molar-refractivity contribution is 5.85. The van der Waals surface area contributed by atoms with Crippen LogP contribution >= 0.6 is 0 Å². The first-order valence-corrected chi connectivity index (χ1v) is 53.7. The van der Waals surface area contributed by atoms with E-state index in [-0.39, 0.29) is 89.1 Å². The lowest BCUT2D eigenvalue weighted by molar-refractivity contribution is -0.145. The number of esters is 2. The Balaban J connectivity index is -0.000000231. The number of aliphatic hydroxyl groups is 2. The van der Waals surface area contributed by atoms with Crippen molar-refractivity contribution in [2.75, 3.05) is 39.6 Å². The van der Waals surface area contributed by atoms with Crippen molar-refractivity contribution in [2.24, 2.45) is 54.1 Å². The van der Waals surface area contributed by atoms with Crippen LogP contribution in [0.15, 0.2) is 60.7 Å². The molecular weight excluding hydrogens is 1750 g/mol. The standard InChI is InChI=1S/C15H22O3.C14H20O2.C13H26O2.C12H24O3.C12H22O2.C12H24O.C12H22O.C11H22O2.C11H22O.C10H20O/c1-5-17-14(16)11-18-13-8-6-7-12(9-13)10-15(2,3)4;1-11(15)10-16-13-7-5-6-12(8-13)9-14(2,3)4;1-5-15-12(14)10-8-6-7-9-11-13(2,3)4;1-9(13)8-11(15)10(14)6-5-7-12(2,3)4;1-10(13)7-8-11(14)6-5-9-12(2,3)4;2*1-11(13)9-7-5-6-8-10-12(2,3)4;1-10(12)9-13-8-6-5-7-11(2,3)4;1-10(12)8-6-5-7-9-11(2,3)4;1-9(11)7-5-6-8-10(2,3)4/h6-9H,5,10-11H2,1-4H3;5-8H,9-10H2,1-4H3;5-11H2,1-4H3;10-11,14-15H,5-8H2,1-4H3;5-9H2,1-4H3;5-10H2,1-4H3;5,7H,6,8-10H2,1-4H3;5-9H2,1-4H3;5-9H2,1-4H3;5-8H2,1-4H3/b;;;;;;7-5+;;;. The van der Waals surface area contributed by atoms with Gasteiger partial charge in [0.1, 0.15) is 65.2 Å². The largest absolute Gasteiger partial charge is 0.486 e. The first-order valence-electron chi connectivity index (χ1n) is 53.7. The number of aliphatic hydroxyl groups excluding tert-OH is 2. The summed E-state index contributed by atoms with van der Waals surface area (Å²) < 4.78 is 25.6. The van der Waals surface area contributed by atoms with Crippen LogP contribution in [0.2, 0.25) is 0 Å². The summed E-state index contributed by atoms with van der Waals surface area (Å²) in [5.41, 5.74) is 6.17. The Kier molecular flexibility index (Phi) is 90.2. The van der Waals surface area contributed by atoms with E-state index < -0.39 is 12.2 Å². The van der Waals surface area contributed by atoms with E-state index in [2.05, 4.69) is 226 Å². The van der Waals surface area contributed by atoms with Gasteiger partial charge < -0.3 is 53.1 Å². The number of carbonyl (C=O) groups is 11. The molecular formula is C122H224O18. The average molecular weight is 1980 g/mol. The zero-order valence-electron chi connectivity index (χ0n) is 98.7. The molecule has 0 bridgehead atoms. The fraction of sp³-hybridized carbons (Fsp3) is 0.795. The molecule has 0 saturated heterocycles. The predicted octanol–water partition coefficient (Wildman–Crippen LogP) is 32.7. The van der Waals surface area contributed by atoms with Gasteiger partial charge in [0.2, 0.25) is 0 Å². The molecule has 2 atom stereocenters. The molecule has 2 rings (SSSR count). The quantitative estimate of drug-likeness (QED) is 0.0354. The van der Waals surface area contributed by atoms with Crippen LogP contribution in [-0.2, 0) is 79.8 Å². The Labute approximate surface area is 862 Å². The zero-order valence-corrected chi connectivity index (χ0v) is 98.7. The molecule has 0 saturated carbocycles. The molecule has 0 spiro atoms. The topological polar surface area (TPSA) is 274 Å². The lowest BCUT2D eigenvalue weighted by atomic mass is 9.88. The van der Waals surface area contributed by atoms with Crippen LogP contribution in [0.5, 0.6) is 11.5 Å². The summed E-state index contributed by atoms with van der Waals surface area (Å²) in [6.07, 6.45) is 41.3. The molecule has 0 aliphatic carbocycles. The SMILES string of the molecule is CC(=O)C/C=C/CCCC(C)(C)C.CC(=O)CC(O)C(O)CCCC(C)(C)C.CC(=O)CCC(=O)CCCC(C)(C)C.CC(=O)CCCCC(C)(C)C.CC(=O)CCCCCC(C)(C)C.CC(=O)CCCCCCC(C)(C)C.CC(=O)COCCCCC(C)(C)C.CC(=O)COc1cccc(CC(C)(C)C)c1.CCOC(=O)CCCCCCC(C)(C)C.CCOC(=O)COc1cccc(CC(C)(C)C)c1. The second kappa shape index (κ2) is 84.8. The van der Waals surface area contributed by atoms with Gasteiger partial charge in [-0.15, -0.1) is 0 Å². The Hall–Kier alpha value is -6.37. The summed E-state index contributed by atoms with van der Waals surface area (Å²) >= 11 is 0. The maximum Gasteiger partial charge on any atom is 0.344 e. The molecule has 2 unspecified atom stereocenters. The lowest BCUT2D eigenvalue weighted by Crippen LogP contribution is -2.28. The van der Waals surface area contributed by atoms with Gasteiger partial charge in [0, 0.05) is 64.4 Å². The summed E-state index contributed by atoms with van der Waals surface area (Å²) in [4.78, 5) is 119. The number of benzene rings is 2. The van der Waals surface area contributed by atoms with Crippen molar-refractivity contribution in [1.82, 2.24) is 0 Å². The van der Waals surface area contributed by atoms with Gasteiger partial charge in [0.15, 0.2) is 18.2 Å². The van der Waals surface area contributed by atoms with Crippen LogP contribution < -0.4 is 9.47 Å². The van der Waals surface area contributed by atoms with E-state index in [1.54, 1.807) is 41.5 Å². The number of hydrogen-bond acceptors (Lipinski definition) is 18. The molecule has 820 valence electrons. The van der Waals surface area contributed by atoms with Crippen LogP contribution in [0.1, 0.15) is 526 Å². The number of allylic oxidation sites excluding steroid dienone is 2. The number of unbranched alkanes of at least 4 members (excludes halogenated alkanes) is 11. The second-order valence-electron chi connectivity index (χ2n) is 50.9. The van der Waals surface area contributed by atoms with Crippen molar-refractivity contribution in [3.8, 4) is 11.5 Å². The van der Waals surface area contributed by atoms with E-state index in [1.807, 2.05) is 49.4 Å². The van der Waals surface area contributed by atoms with E-state index in [9.17, 15) is 63.0 Å². The third-order valence-electron chi connectivity index (χ3n) is 20.7. The highest BCUT2D eigenvalue weighted by Gasteiger charge is 2.22. The van der Waals surface area contributed by atoms with Crippen molar-refractivity contribution in [3.63, 3.8) is 0 Å². The zero-order chi connectivity index (χ0) is 110. The van der Waals surface area contributed by atoms with Gasteiger partial charge in [-0.05, 0) is 281 Å². The van der Waals surface area contributed by atoms with Crippen molar-refractivity contribution in [3.05, 3.63) is 71.8 Å². The van der Waals surface area contributed by atoms with Gasteiger partial charge in [-0.3, -0.25) is 28.8 Å². The minimum atomic E-state index is -0.900. The van der Waals surface area contributed by atoms with Crippen LogP contribution in [0.25, 0.3) is 0 Å². The molecule has 2 aromatic carbocycles. The van der Waals surface area contributed by atoms with Crippen molar-refractivity contribution < 1.29 is 86.6 Å². The van der Waals surface area contributed by atoms with Crippen LogP contribution in [-0.4, -0.2) is 126 Å². The fourth-order valence-corrected chi connectivity index (χ4v) is 13.3. The maximum atomic E-state index is 11.3. The lowest BCUT2D eigenvalue weighted by Gasteiger charge is -2.21. The molecule has 0 aromatic heterocycles. The Morgan fingerprint density at radius 1 is 0.293 bits per heavy atom. The summed E-state index contributed by atoms with van der Waals surface area (Å²) in [5, 5.41) is 19.0. The number of Topliss-reactive ketones (excluding diaryl/α,β-unsaturated/α-hetero) is 9. The van der Waals surface area contributed by atoms with Crippen LogP contribution in [0.3, 0.4) is 0 Å². The van der Waals surface area contributed by atoms with Gasteiger partial charge in [-0.2, -0.15) is 0 Å². The van der Waals surface area contributed by atoms with Crippen LogP contribution in [0.4, 0.5) is 0 Å². The Morgan fingerprint density at radius 3 is 0.964 bits per heavy atom. The van der Waals surface area contributed by atoms with Gasteiger partial charge in [-0.1, -0.05) is 315 Å². The van der Waals surface area contributed by atoms with Crippen molar-refractivity contribution >= 4 is 64.0 Å². The minimum Gasteiger partial charge on any atom is -0.486 e. The minimum absolute atomic E-state index is 0.0349. The molecule has 0 aliphatic heterocycles. The first kappa shape index (κ1) is 149. The number of ether oxygens (including phenoxy) is 5. The van der Waals surface area contributed by atoms with Gasteiger partial charge >= 0.3 is 11.9 Å². The predicted molar refractivity (Wildman–Crippen MR) is 592 cm³/mol. The van der Waals surface area contributed by atoms with Crippen LogP contribution in [0, 0.1) is 54.1 Å². The maximum absolute atomic E-state index is 11.3. The molecule has 2 N–H and O–H groups in total. The van der Waals surface area contributed by atoms with E-state index in [0.717, 1.165) is 115 Å². The third-order valence-corrected chi connectivity index (χ3v) is 20.7. The van der Waals surface area contributed by atoms with Gasteiger partial charge in [-0.25, -0.2) is 4.79 Å². The fourth-order valence-electron chi connectivity index (χ4n) is 13.3. The molecule has 140 heavy (non-hydrogen) atoms. The second-order valence-corrected chi connectivity index (χ2v) is 50.9. The summed E-state index contributed by atoms with van der Waals surface area (Å²) in [6, 6.07) is 15.8. The van der Waals surface area contributed by atoms with E-state index in [0.29, 0.717) is 113 Å². The average Bonchev–Trinajstić information content (AvgIpc) is 0.879. The summed E-state index contributed by atoms with van der Waals surface area (Å²) in [5.74, 6) is 2.72. The van der Waals surface area contributed by atoms with Gasteiger partial charge in [0.25, 0.3) is 0 Å². The normalized spacial score (nSPS) is 12.0. The number of rotatable bonds is 54. The van der Waals surface area contributed by atoms with Crippen molar-refractivity contribution in [1.29, 1.82) is 0 Å². The molecule has 0 amide bonds. The monoisotopic (exact) mass is 1980 g/mol. The highest BCUT2D eigenvalue weighted by atomic mass is 16.6. The molecule has 18 nitrogen and oxygen atoms in total. The third kappa shape index (κ3) is 147. The number of hydrogen-bond donors (Lipinski definition) is 2. The number of carbonyl (C=O) groups excluding carboxylic acids is 11. The summed E-state index contributed by atoms with van der Waals surface area (Å²) in [6.45, 7) is 85.1. The smallest absolute Gasteiger partial charge is 0.344 e. The first-order chi connectivity index (χ1) is 63.8. The summed E-state index contributed by atoms with van der Waals surface area (Å²) in [7, 11) is 0. The molecule has 2 aromatic rings. The van der Waals surface area contributed by atoms with E-state index in [4.69, 9.17) is 23.7 Å². The van der Waals surface area contributed by atoms with Crippen molar-refractivity contribution in [2.45, 2.75) is 540 Å². The molecule has 0 fully saturated rings. The van der Waals surface area contributed by atoms with Gasteiger partial charge in [0.05, 0.1) is 25.4 Å². The highest BCUT2D eigenvalue weighted by Crippen LogP contribution is 2.31. The molecule has 18 heteroatoms. The Morgan fingerprint density at radius 2 is 0.614 bits per heavy atom. The number of ketones is 9. The molecule has 0 heterocycles.